The van der Waals surface area contributed by atoms with E-state index in [1.54, 1.807) is 0 Å². The summed E-state index contributed by atoms with van der Waals surface area (Å²) < 4.78 is 0. The Bertz CT molecular complexity index is 264. The van der Waals surface area contributed by atoms with Crippen molar-refractivity contribution < 1.29 is 5.11 Å². The van der Waals surface area contributed by atoms with Crippen molar-refractivity contribution in [3.8, 4) is 0 Å². The van der Waals surface area contributed by atoms with Crippen LogP contribution in [-0.4, -0.2) is 11.2 Å². The number of hydrogen-bond acceptors (Lipinski definition) is 1. The Hall–Kier alpha value is -0.0400. The van der Waals surface area contributed by atoms with Gasteiger partial charge < -0.3 is 5.11 Å². The van der Waals surface area contributed by atoms with Crippen LogP contribution in [0, 0.1) is 47.3 Å². The SMILES string of the molecule is O[C@H]1[C@@H]2[C@@H]3[C@@H]4C[C@H]5[C@H]([C@H]2[C@@H]53)[C@@H]14. The van der Waals surface area contributed by atoms with E-state index in [9.17, 15) is 5.11 Å². The van der Waals surface area contributed by atoms with E-state index in [-0.39, 0.29) is 6.10 Å². The Kier molecular flexibility index (Phi) is 0.452. The standard InChI is InChI=1S/C10H12O/c11-10-7-3-1-2-4-5(3)9(10)8(4)6(2)7/h2-11H,1H2/t2-,3+,4+,5-,6+,7+,8-,9-,10-/m1/s1. The monoisotopic (exact) mass is 148 g/mol. The van der Waals surface area contributed by atoms with Crippen LogP contribution in [0.3, 0.4) is 0 Å². The lowest BCUT2D eigenvalue weighted by atomic mass is 9.41. The van der Waals surface area contributed by atoms with Crippen molar-refractivity contribution >= 4 is 0 Å². The molecule has 0 aromatic carbocycles. The number of hydrogen-bond donors (Lipinski definition) is 1. The lowest BCUT2D eigenvalue weighted by molar-refractivity contribution is -0.172. The largest absolute Gasteiger partial charge is 0.393 e. The first-order chi connectivity index (χ1) is 5.39. The molecule has 0 heterocycles. The first-order valence-corrected chi connectivity index (χ1v) is 5.07. The minimum absolute atomic E-state index is 0.156. The Labute approximate surface area is 65.8 Å². The number of aliphatic hydroxyl groups is 1. The number of rotatable bonds is 0. The molecular weight excluding hydrogens is 136 g/mol. The van der Waals surface area contributed by atoms with Crippen LogP contribution in [0.5, 0.6) is 0 Å². The Morgan fingerprint density at radius 3 is 2.00 bits per heavy atom. The topological polar surface area (TPSA) is 20.2 Å². The molecule has 0 saturated heterocycles. The fourth-order valence-corrected chi connectivity index (χ4v) is 6.15. The van der Waals surface area contributed by atoms with E-state index in [1.165, 1.54) is 6.42 Å². The van der Waals surface area contributed by atoms with E-state index in [4.69, 9.17) is 0 Å². The highest BCUT2D eigenvalue weighted by Gasteiger charge is 2.86. The third-order valence-corrected chi connectivity index (χ3v) is 5.98. The molecule has 1 nitrogen and oxygen atoms in total. The Balaban J connectivity index is 1.88. The summed E-state index contributed by atoms with van der Waals surface area (Å²) in [5, 5.41) is 9.92. The molecule has 58 valence electrons. The van der Waals surface area contributed by atoms with Crippen molar-refractivity contribution in [3.05, 3.63) is 0 Å². The first kappa shape index (κ1) is 4.86. The van der Waals surface area contributed by atoms with Crippen molar-refractivity contribution in [1.29, 1.82) is 0 Å². The molecule has 9 atom stereocenters. The van der Waals surface area contributed by atoms with Gasteiger partial charge in [0.2, 0.25) is 0 Å². The first-order valence-electron chi connectivity index (χ1n) is 5.07. The van der Waals surface area contributed by atoms with E-state index in [2.05, 4.69) is 0 Å². The maximum atomic E-state index is 9.92. The summed E-state index contributed by atoms with van der Waals surface area (Å²) >= 11 is 0. The highest BCUT2D eigenvalue weighted by molar-refractivity contribution is 5.33. The van der Waals surface area contributed by atoms with Crippen LogP contribution in [0.2, 0.25) is 0 Å². The van der Waals surface area contributed by atoms with Gasteiger partial charge in [-0.2, -0.15) is 0 Å². The van der Waals surface area contributed by atoms with Crippen LogP contribution in [0.25, 0.3) is 0 Å². The fourth-order valence-electron chi connectivity index (χ4n) is 6.15. The summed E-state index contributed by atoms with van der Waals surface area (Å²) in [6, 6.07) is 0. The van der Waals surface area contributed by atoms with Crippen LogP contribution in [0.4, 0.5) is 0 Å². The predicted octanol–water partition coefficient (Wildman–Crippen LogP) is 0.735. The zero-order valence-electron chi connectivity index (χ0n) is 6.35. The molecule has 0 aliphatic heterocycles. The van der Waals surface area contributed by atoms with E-state index in [1.807, 2.05) is 0 Å². The number of aliphatic hydroxyl groups excluding tert-OH is 1. The molecule has 0 amide bonds. The summed E-state index contributed by atoms with van der Waals surface area (Å²) in [6.45, 7) is 0. The molecule has 0 unspecified atom stereocenters. The van der Waals surface area contributed by atoms with Gasteiger partial charge in [0.25, 0.3) is 0 Å². The molecule has 1 N–H and O–H groups in total. The highest BCUT2D eigenvalue weighted by atomic mass is 16.3. The van der Waals surface area contributed by atoms with Crippen LogP contribution >= 0.6 is 0 Å². The molecule has 11 heavy (non-hydrogen) atoms. The van der Waals surface area contributed by atoms with Gasteiger partial charge in [-0.1, -0.05) is 0 Å². The van der Waals surface area contributed by atoms with Crippen molar-refractivity contribution in [2.45, 2.75) is 12.5 Å². The molecule has 0 radical (unpaired) electrons. The van der Waals surface area contributed by atoms with E-state index < -0.39 is 0 Å². The zero-order valence-corrected chi connectivity index (χ0v) is 6.35. The quantitative estimate of drug-likeness (QED) is 0.537. The van der Waals surface area contributed by atoms with Gasteiger partial charge in [-0.25, -0.2) is 0 Å². The van der Waals surface area contributed by atoms with Crippen LogP contribution in [-0.2, 0) is 0 Å². The zero-order chi connectivity index (χ0) is 6.90. The average Bonchev–Trinajstić information content (AvgIpc) is 2.40. The summed E-state index contributed by atoms with van der Waals surface area (Å²) in [7, 11) is 0. The van der Waals surface area contributed by atoms with Crippen molar-refractivity contribution in [3.63, 3.8) is 0 Å². The molecule has 6 aliphatic carbocycles. The smallest absolute Gasteiger partial charge is 0.0607 e. The van der Waals surface area contributed by atoms with Gasteiger partial charge in [0, 0.05) is 0 Å². The third kappa shape index (κ3) is 0.234. The van der Waals surface area contributed by atoms with E-state index >= 15 is 0 Å². The summed E-state index contributed by atoms with van der Waals surface area (Å²) in [5.74, 6) is 7.91. The Morgan fingerprint density at radius 2 is 1.36 bits per heavy atom. The maximum Gasteiger partial charge on any atom is 0.0607 e. The van der Waals surface area contributed by atoms with Gasteiger partial charge in [-0.3, -0.25) is 0 Å². The van der Waals surface area contributed by atoms with E-state index in [0.29, 0.717) is 0 Å². The lowest BCUT2D eigenvalue weighted by Crippen LogP contribution is -2.60. The van der Waals surface area contributed by atoms with Gasteiger partial charge in [-0.05, 0) is 53.8 Å². The van der Waals surface area contributed by atoms with Gasteiger partial charge >= 0.3 is 0 Å². The fraction of sp³-hybridized carbons (Fsp3) is 1.00. The van der Waals surface area contributed by atoms with Crippen LogP contribution in [0.1, 0.15) is 6.42 Å². The van der Waals surface area contributed by atoms with E-state index in [0.717, 1.165) is 47.3 Å². The molecular formula is C10H12O. The summed E-state index contributed by atoms with van der Waals surface area (Å²) in [4.78, 5) is 0. The van der Waals surface area contributed by atoms with Crippen molar-refractivity contribution in [2.24, 2.45) is 47.3 Å². The maximum absolute atomic E-state index is 9.92. The summed E-state index contributed by atoms with van der Waals surface area (Å²) in [6.07, 6.45) is 1.66. The summed E-state index contributed by atoms with van der Waals surface area (Å²) in [5.41, 5.74) is 0. The molecule has 1 heteroatoms. The molecule has 0 aromatic rings. The predicted molar refractivity (Wildman–Crippen MR) is 38.5 cm³/mol. The highest BCUT2D eigenvalue weighted by Crippen LogP contribution is 2.88. The average molecular weight is 148 g/mol. The molecule has 6 saturated carbocycles. The molecule has 0 aromatic heterocycles. The van der Waals surface area contributed by atoms with Crippen LogP contribution in [0.15, 0.2) is 0 Å². The van der Waals surface area contributed by atoms with Gasteiger partial charge in [0.15, 0.2) is 0 Å². The molecule has 6 rings (SSSR count). The van der Waals surface area contributed by atoms with Crippen LogP contribution < -0.4 is 0 Å². The minimum atomic E-state index is 0.156. The molecule has 4 bridgehead atoms. The van der Waals surface area contributed by atoms with Crippen molar-refractivity contribution in [1.82, 2.24) is 0 Å². The minimum Gasteiger partial charge on any atom is -0.393 e. The van der Waals surface area contributed by atoms with Gasteiger partial charge in [0.1, 0.15) is 0 Å². The third-order valence-electron chi connectivity index (χ3n) is 5.98. The van der Waals surface area contributed by atoms with Gasteiger partial charge in [-0.15, -0.1) is 0 Å². The second-order valence-electron chi connectivity index (χ2n) is 5.52. The lowest BCUT2D eigenvalue weighted by Gasteiger charge is -2.63. The van der Waals surface area contributed by atoms with Crippen molar-refractivity contribution in [2.75, 3.05) is 0 Å². The van der Waals surface area contributed by atoms with Gasteiger partial charge in [0.05, 0.1) is 6.10 Å². The second kappa shape index (κ2) is 1.02. The molecule has 0 spiro atoms. The molecule has 6 fully saturated rings. The second-order valence-corrected chi connectivity index (χ2v) is 5.52. The molecule has 6 aliphatic rings. The Morgan fingerprint density at radius 1 is 0.727 bits per heavy atom. The normalized spacial score (nSPS) is 90.8.